The van der Waals surface area contributed by atoms with Crippen molar-refractivity contribution in [3.05, 3.63) is 29.6 Å². The molecule has 1 saturated heterocycles. The first kappa shape index (κ1) is 25.1. The SMILES string of the molecule is CC[C@@](O)(CC(=O)N(C)CCCNC1CCC(=O)NC1=O)c1ccc(F)c(OCC2CC2)c1. The molecule has 0 bridgehead atoms. The van der Waals surface area contributed by atoms with Crippen LogP contribution >= 0.6 is 0 Å². The molecule has 182 valence electrons. The quantitative estimate of drug-likeness (QED) is 0.323. The molecule has 0 radical (unpaired) electrons. The van der Waals surface area contributed by atoms with E-state index in [0.29, 0.717) is 50.4 Å². The fraction of sp³-hybridized carbons (Fsp3) is 0.625. The highest BCUT2D eigenvalue weighted by Crippen LogP contribution is 2.34. The molecular weight excluding hydrogens is 429 g/mol. The number of carbonyl (C=O) groups is 3. The van der Waals surface area contributed by atoms with E-state index in [1.54, 1.807) is 18.9 Å². The third kappa shape index (κ3) is 6.98. The Bertz CT molecular complexity index is 876. The van der Waals surface area contributed by atoms with Gasteiger partial charge in [0.25, 0.3) is 0 Å². The van der Waals surface area contributed by atoms with Crippen LogP contribution in [0.4, 0.5) is 4.39 Å². The molecule has 0 aromatic heterocycles. The lowest BCUT2D eigenvalue weighted by Gasteiger charge is -2.30. The van der Waals surface area contributed by atoms with Gasteiger partial charge in [-0.2, -0.15) is 0 Å². The summed E-state index contributed by atoms with van der Waals surface area (Å²) in [5, 5.41) is 16.6. The molecule has 3 rings (SSSR count). The summed E-state index contributed by atoms with van der Waals surface area (Å²) in [5.74, 6) is -0.711. The van der Waals surface area contributed by atoms with E-state index in [1.807, 2.05) is 0 Å². The molecule has 1 aliphatic heterocycles. The Morgan fingerprint density at radius 3 is 2.76 bits per heavy atom. The van der Waals surface area contributed by atoms with Crippen molar-refractivity contribution in [1.82, 2.24) is 15.5 Å². The Morgan fingerprint density at radius 2 is 2.09 bits per heavy atom. The van der Waals surface area contributed by atoms with Crippen LogP contribution in [-0.4, -0.2) is 60.5 Å². The van der Waals surface area contributed by atoms with Gasteiger partial charge in [-0.1, -0.05) is 13.0 Å². The third-order valence-corrected chi connectivity index (χ3v) is 6.39. The van der Waals surface area contributed by atoms with Crippen LogP contribution in [0.3, 0.4) is 0 Å². The van der Waals surface area contributed by atoms with Crippen LogP contribution < -0.4 is 15.4 Å². The second-order valence-electron chi connectivity index (χ2n) is 9.09. The molecule has 33 heavy (non-hydrogen) atoms. The average molecular weight is 464 g/mol. The Balaban J connectivity index is 1.49. The van der Waals surface area contributed by atoms with Crippen molar-refractivity contribution in [2.45, 2.75) is 63.5 Å². The maximum absolute atomic E-state index is 14.1. The van der Waals surface area contributed by atoms with Gasteiger partial charge in [-0.25, -0.2) is 4.39 Å². The lowest BCUT2D eigenvalue weighted by molar-refractivity contribution is -0.137. The lowest BCUT2D eigenvalue weighted by atomic mass is 9.87. The molecule has 1 aromatic rings. The summed E-state index contributed by atoms with van der Waals surface area (Å²) in [6.45, 7) is 3.20. The van der Waals surface area contributed by atoms with Crippen LogP contribution in [0.15, 0.2) is 18.2 Å². The van der Waals surface area contributed by atoms with Gasteiger partial charge < -0.3 is 20.1 Å². The van der Waals surface area contributed by atoms with E-state index in [2.05, 4.69) is 10.6 Å². The van der Waals surface area contributed by atoms with Crippen LogP contribution in [0, 0.1) is 11.7 Å². The van der Waals surface area contributed by atoms with E-state index in [4.69, 9.17) is 4.74 Å². The van der Waals surface area contributed by atoms with E-state index in [-0.39, 0.29) is 36.3 Å². The molecule has 2 fully saturated rings. The second-order valence-corrected chi connectivity index (χ2v) is 9.09. The fourth-order valence-corrected chi connectivity index (χ4v) is 3.82. The van der Waals surface area contributed by atoms with Crippen LogP contribution in [0.2, 0.25) is 0 Å². The zero-order valence-electron chi connectivity index (χ0n) is 19.4. The van der Waals surface area contributed by atoms with Gasteiger partial charge in [0.1, 0.15) is 0 Å². The normalized spacial score (nSPS) is 20.2. The van der Waals surface area contributed by atoms with Crippen molar-refractivity contribution in [1.29, 1.82) is 0 Å². The van der Waals surface area contributed by atoms with E-state index in [9.17, 15) is 23.9 Å². The zero-order chi connectivity index (χ0) is 24.0. The monoisotopic (exact) mass is 463 g/mol. The third-order valence-electron chi connectivity index (χ3n) is 6.39. The van der Waals surface area contributed by atoms with Gasteiger partial charge in [0.2, 0.25) is 17.7 Å². The van der Waals surface area contributed by atoms with Crippen molar-refractivity contribution < 1.29 is 28.6 Å². The lowest BCUT2D eigenvalue weighted by Crippen LogP contribution is -2.51. The summed E-state index contributed by atoms with van der Waals surface area (Å²) in [4.78, 5) is 37.3. The summed E-state index contributed by atoms with van der Waals surface area (Å²) in [6.07, 6.45) is 3.72. The molecular formula is C24H34FN3O5. The maximum Gasteiger partial charge on any atom is 0.243 e. The van der Waals surface area contributed by atoms with Gasteiger partial charge in [-0.05, 0) is 62.3 Å². The summed E-state index contributed by atoms with van der Waals surface area (Å²) in [6, 6.07) is 3.87. The average Bonchev–Trinajstić information content (AvgIpc) is 3.61. The molecule has 0 spiro atoms. The summed E-state index contributed by atoms with van der Waals surface area (Å²) < 4.78 is 19.7. The van der Waals surface area contributed by atoms with Gasteiger partial charge in [-0.15, -0.1) is 0 Å². The molecule has 1 saturated carbocycles. The number of hydrogen-bond acceptors (Lipinski definition) is 6. The van der Waals surface area contributed by atoms with E-state index >= 15 is 0 Å². The van der Waals surface area contributed by atoms with E-state index in [0.717, 1.165) is 12.8 Å². The van der Waals surface area contributed by atoms with E-state index < -0.39 is 17.5 Å². The molecule has 9 heteroatoms. The van der Waals surface area contributed by atoms with Gasteiger partial charge in [0, 0.05) is 20.0 Å². The zero-order valence-corrected chi connectivity index (χ0v) is 19.4. The number of carbonyl (C=O) groups excluding carboxylic acids is 3. The number of piperidine rings is 1. The van der Waals surface area contributed by atoms with Crippen LogP contribution in [0.5, 0.6) is 5.75 Å². The number of benzene rings is 1. The number of nitrogens with one attached hydrogen (secondary N) is 2. The minimum Gasteiger partial charge on any atom is -0.490 e. The molecule has 1 unspecified atom stereocenters. The van der Waals surface area contributed by atoms with Crippen LogP contribution in [0.25, 0.3) is 0 Å². The van der Waals surface area contributed by atoms with Crippen LogP contribution in [0.1, 0.15) is 57.4 Å². The number of rotatable bonds is 12. The number of imide groups is 1. The smallest absolute Gasteiger partial charge is 0.243 e. The minimum absolute atomic E-state index is 0.103. The first-order chi connectivity index (χ1) is 15.7. The maximum atomic E-state index is 14.1. The first-order valence-corrected chi connectivity index (χ1v) is 11.7. The topological polar surface area (TPSA) is 108 Å². The van der Waals surface area contributed by atoms with Crippen molar-refractivity contribution in [2.75, 3.05) is 26.7 Å². The van der Waals surface area contributed by atoms with Crippen molar-refractivity contribution in [3.8, 4) is 5.75 Å². The molecule has 1 aromatic carbocycles. The summed E-state index contributed by atoms with van der Waals surface area (Å²) in [5.41, 5.74) is -0.972. The highest BCUT2D eigenvalue weighted by Gasteiger charge is 2.33. The highest BCUT2D eigenvalue weighted by molar-refractivity contribution is 6.00. The minimum atomic E-state index is -1.43. The second kappa shape index (κ2) is 11.1. The largest absolute Gasteiger partial charge is 0.490 e. The number of hydrogen-bond donors (Lipinski definition) is 3. The van der Waals surface area contributed by atoms with Gasteiger partial charge in [-0.3, -0.25) is 19.7 Å². The summed E-state index contributed by atoms with van der Waals surface area (Å²) >= 11 is 0. The van der Waals surface area contributed by atoms with Gasteiger partial charge >= 0.3 is 0 Å². The Kier molecular flexibility index (Phi) is 8.42. The number of amides is 3. The number of aliphatic hydroxyl groups is 1. The molecule has 1 aliphatic carbocycles. The molecule has 2 atom stereocenters. The van der Waals surface area contributed by atoms with Gasteiger partial charge in [0.05, 0.1) is 24.7 Å². The Morgan fingerprint density at radius 1 is 1.33 bits per heavy atom. The van der Waals surface area contributed by atoms with E-state index in [1.165, 1.54) is 18.2 Å². The predicted molar refractivity (Wildman–Crippen MR) is 120 cm³/mol. The summed E-state index contributed by atoms with van der Waals surface area (Å²) in [7, 11) is 1.67. The van der Waals surface area contributed by atoms with Gasteiger partial charge in [0.15, 0.2) is 11.6 Å². The fourth-order valence-electron chi connectivity index (χ4n) is 3.82. The molecule has 8 nitrogen and oxygen atoms in total. The standard InChI is InChI=1S/C24H34FN3O5/c1-3-24(32,17-7-8-18(25)20(13-17)33-15-16-5-6-16)14-22(30)28(2)12-4-11-26-19-9-10-21(29)27-23(19)31/h7-8,13,16,19,26,32H,3-6,9-12,14-15H2,1-2H3,(H,27,29,31)/t19?,24-/m1/s1. The number of ether oxygens (including phenoxy) is 1. The molecule has 1 heterocycles. The predicted octanol–water partition coefficient (Wildman–Crippen LogP) is 1.85. The van der Waals surface area contributed by atoms with Crippen molar-refractivity contribution in [2.24, 2.45) is 5.92 Å². The van der Waals surface area contributed by atoms with Crippen molar-refractivity contribution in [3.63, 3.8) is 0 Å². The number of nitrogens with zero attached hydrogens (tertiary/aromatic N) is 1. The first-order valence-electron chi connectivity index (χ1n) is 11.7. The highest BCUT2D eigenvalue weighted by atomic mass is 19.1. The number of halogens is 1. The molecule has 3 amide bonds. The Hall–Kier alpha value is -2.52. The Labute approximate surface area is 193 Å². The molecule has 3 N–H and O–H groups in total. The van der Waals surface area contributed by atoms with Crippen molar-refractivity contribution >= 4 is 17.7 Å². The van der Waals surface area contributed by atoms with Crippen LogP contribution in [-0.2, 0) is 20.0 Å². The molecule has 2 aliphatic rings.